The maximum atomic E-state index is 12.9. The number of hydrogen-bond acceptors (Lipinski definition) is 3. The van der Waals surface area contributed by atoms with Gasteiger partial charge in [-0.1, -0.05) is 35.3 Å². The van der Waals surface area contributed by atoms with Crippen molar-refractivity contribution in [3.8, 4) is 0 Å². The molecule has 1 N–H and O–H groups in total. The summed E-state index contributed by atoms with van der Waals surface area (Å²) in [5.74, 6) is -0.248. The Bertz CT molecular complexity index is 832. The van der Waals surface area contributed by atoms with Gasteiger partial charge in [0.15, 0.2) is 0 Å². The lowest BCUT2D eigenvalue weighted by atomic mass is 10.1. The summed E-state index contributed by atoms with van der Waals surface area (Å²) in [6, 6.07) is 10.2. The first kappa shape index (κ1) is 20.8. The van der Waals surface area contributed by atoms with Crippen LogP contribution in [0.2, 0.25) is 10.0 Å². The lowest BCUT2D eigenvalue weighted by Gasteiger charge is -2.36. The van der Waals surface area contributed by atoms with Crippen LogP contribution in [0.15, 0.2) is 42.5 Å². The quantitative estimate of drug-likeness (QED) is 0.756. The Kier molecular flexibility index (Phi) is 6.37. The first-order chi connectivity index (χ1) is 13.2. The first-order valence-corrected chi connectivity index (χ1v) is 9.38. The topological polar surface area (TPSA) is 35.6 Å². The highest BCUT2D eigenvalue weighted by Gasteiger charge is 2.31. The van der Waals surface area contributed by atoms with E-state index in [-0.39, 0.29) is 12.5 Å². The van der Waals surface area contributed by atoms with Crippen molar-refractivity contribution in [2.75, 3.05) is 42.9 Å². The molecule has 1 fully saturated rings. The molecule has 0 saturated carbocycles. The van der Waals surface area contributed by atoms with Crippen molar-refractivity contribution in [2.45, 2.75) is 6.18 Å². The molecule has 2 aromatic rings. The van der Waals surface area contributed by atoms with Crippen LogP contribution in [-0.4, -0.2) is 43.5 Å². The standard InChI is InChI=1S/C19H18Cl2F3N3O/c20-15-5-2-6-16(21)18(15)25-17(28)12-26-7-9-27(10-8-26)14-4-1-3-13(11-14)19(22,23)24/h1-6,11H,7-10,12H2,(H,25,28). The SMILES string of the molecule is O=C(CN1CCN(c2cccc(C(F)(F)F)c2)CC1)Nc1c(Cl)cccc1Cl. The van der Waals surface area contributed by atoms with E-state index in [1.165, 1.54) is 6.07 Å². The van der Waals surface area contributed by atoms with E-state index >= 15 is 0 Å². The summed E-state index contributed by atoms with van der Waals surface area (Å²) >= 11 is 12.1. The van der Waals surface area contributed by atoms with Gasteiger partial charge in [0.25, 0.3) is 0 Å². The minimum Gasteiger partial charge on any atom is -0.369 e. The van der Waals surface area contributed by atoms with Crippen LogP contribution in [-0.2, 0) is 11.0 Å². The number of halogens is 5. The highest BCUT2D eigenvalue weighted by atomic mass is 35.5. The van der Waals surface area contributed by atoms with Crippen LogP contribution in [0.25, 0.3) is 0 Å². The van der Waals surface area contributed by atoms with Gasteiger partial charge in [0.2, 0.25) is 5.91 Å². The molecule has 1 aliphatic heterocycles. The smallest absolute Gasteiger partial charge is 0.369 e. The number of benzene rings is 2. The number of anilines is 2. The zero-order chi connectivity index (χ0) is 20.3. The third-order valence-electron chi connectivity index (χ3n) is 4.51. The number of alkyl halides is 3. The molecule has 2 aromatic carbocycles. The maximum Gasteiger partial charge on any atom is 0.416 e. The summed E-state index contributed by atoms with van der Waals surface area (Å²) in [7, 11) is 0. The van der Waals surface area contributed by atoms with E-state index in [1.807, 2.05) is 9.80 Å². The number of nitrogens with one attached hydrogen (secondary N) is 1. The van der Waals surface area contributed by atoms with Crippen LogP contribution in [0.4, 0.5) is 24.5 Å². The fourth-order valence-corrected chi connectivity index (χ4v) is 3.53. The maximum absolute atomic E-state index is 12.9. The van der Waals surface area contributed by atoms with Gasteiger partial charge >= 0.3 is 6.18 Å². The number of nitrogens with zero attached hydrogens (tertiary/aromatic N) is 2. The molecule has 0 bridgehead atoms. The molecule has 4 nitrogen and oxygen atoms in total. The molecule has 0 spiro atoms. The van der Waals surface area contributed by atoms with Gasteiger partial charge in [-0.05, 0) is 30.3 Å². The van der Waals surface area contributed by atoms with Gasteiger partial charge in [0.05, 0.1) is 27.8 Å². The van der Waals surface area contributed by atoms with Gasteiger partial charge in [-0.3, -0.25) is 9.69 Å². The van der Waals surface area contributed by atoms with Crippen LogP contribution < -0.4 is 10.2 Å². The Morgan fingerprint density at radius 3 is 2.21 bits per heavy atom. The van der Waals surface area contributed by atoms with E-state index in [0.717, 1.165) is 12.1 Å². The Morgan fingerprint density at radius 2 is 1.61 bits per heavy atom. The summed E-state index contributed by atoms with van der Waals surface area (Å²) in [4.78, 5) is 16.1. The number of para-hydroxylation sites is 1. The van der Waals surface area contributed by atoms with Gasteiger partial charge in [0.1, 0.15) is 0 Å². The largest absolute Gasteiger partial charge is 0.416 e. The molecule has 3 rings (SSSR count). The first-order valence-electron chi connectivity index (χ1n) is 8.62. The zero-order valence-electron chi connectivity index (χ0n) is 14.8. The van der Waals surface area contributed by atoms with Crippen molar-refractivity contribution in [1.29, 1.82) is 0 Å². The second kappa shape index (κ2) is 8.59. The molecule has 1 aliphatic rings. The molecule has 0 aromatic heterocycles. The number of piperazine rings is 1. The zero-order valence-corrected chi connectivity index (χ0v) is 16.3. The molecule has 0 unspecified atom stereocenters. The van der Waals surface area contributed by atoms with Crippen molar-refractivity contribution in [3.05, 3.63) is 58.1 Å². The number of carbonyl (C=O) groups is 1. The lowest BCUT2D eigenvalue weighted by Crippen LogP contribution is -2.48. The lowest BCUT2D eigenvalue weighted by molar-refractivity contribution is -0.137. The predicted octanol–water partition coefficient (Wildman–Crippen LogP) is 4.77. The fraction of sp³-hybridized carbons (Fsp3) is 0.316. The molecule has 0 aliphatic carbocycles. The van der Waals surface area contributed by atoms with Crippen LogP contribution in [0.5, 0.6) is 0 Å². The molecule has 0 atom stereocenters. The molecular weight excluding hydrogens is 414 g/mol. The molecule has 9 heteroatoms. The van der Waals surface area contributed by atoms with Crippen molar-refractivity contribution in [1.82, 2.24) is 4.90 Å². The van der Waals surface area contributed by atoms with E-state index in [0.29, 0.717) is 47.6 Å². The third kappa shape index (κ3) is 5.10. The second-order valence-corrected chi connectivity index (χ2v) is 7.27. The Hall–Kier alpha value is -1.96. The van der Waals surface area contributed by atoms with E-state index < -0.39 is 11.7 Å². The summed E-state index contributed by atoms with van der Waals surface area (Å²) in [6.07, 6.45) is -4.37. The number of hydrogen-bond donors (Lipinski definition) is 1. The van der Waals surface area contributed by atoms with Gasteiger partial charge in [-0.15, -0.1) is 0 Å². The minimum atomic E-state index is -4.37. The van der Waals surface area contributed by atoms with Gasteiger partial charge in [-0.2, -0.15) is 13.2 Å². The van der Waals surface area contributed by atoms with Crippen molar-refractivity contribution >= 4 is 40.5 Å². The highest BCUT2D eigenvalue weighted by molar-refractivity contribution is 6.39. The normalized spacial score (nSPS) is 15.5. The number of carbonyl (C=O) groups excluding carboxylic acids is 1. The van der Waals surface area contributed by atoms with E-state index in [2.05, 4.69) is 5.32 Å². The summed E-state index contributed by atoms with van der Waals surface area (Å²) in [5.41, 5.74) is 0.239. The summed E-state index contributed by atoms with van der Waals surface area (Å²) in [5, 5.41) is 3.42. The number of rotatable bonds is 4. The average molecular weight is 432 g/mol. The molecule has 1 heterocycles. The molecule has 150 valence electrons. The monoisotopic (exact) mass is 431 g/mol. The molecular formula is C19H18Cl2F3N3O. The van der Waals surface area contributed by atoms with Crippen LogP contribution in [0.1, 0.15) is 5.56 Å². The Morgan fingerprint density at radius 1 is 1.00 bits per heavy atom. The van der Waals surface area contributed by atoms with Crippen molar-refractivity contribution in [2.24, 2.45) is 0 Å². The van der Waals surface area contributed by atoms with Crippen molar-refractivity contribution < 1.29 is 18.0 Å². The summed E-state index contributed by atoms with van der Waals surface area (Å²) < 4.78 is 38.7. The molecule has 0 radical (unpaired) electrons. The van der Waals surface area contributed by atoms with Crippen molar-refractivity contribution in [3.63, 3.8) is 0 Å². The third-order valence-corrected chi connectivity index (χ3v) is 5.14. The van der Waals surface area contributed by atoms with Gasteiger partial charge < -0.3 is 10.2 Å². The molecule has 1 amide bonds. The van der Waals surface area contributed by atoms with Crippen LogP contribution >= 0.6 is 23.2 Å². The molecule has 28 heavy (non-hydrogen) atoms. The number of amides is 1. The highest BCUT2D eigenvalue weighted by Crippen LogP contribution is 2.32. The second-order valence-electron chi connectivity index (χ2n) is 6.46. The summed E-state index contributed by atoms with van der Waals surface area (Å²) in [6.45, 7) is 2.32. The Balaban J connectivity index is 1.55. The van der Waals surface area contributed by atoms with Crippen LogP contribution in [0.3, 0.4) is 0 Å². The van der Waals surface area contributed by atoms with Gasteiger partial charge in [-0.25, -0.2) is 0 Å². The molecule has 1 saturated heterocycles. The Labute approximate surface area is 170 Å². The predicted molar refractivity (Wildman–Crippen MR) is 105 cm³/mol. The van der Waals surface area contributed by atoms with E-state index in [4.69, 9.17) is 23.2 Å². The minimum absolute atomic E-state index is 0.151. The van der Waals surface area contributed by atoms with E-state index in [1.54, 1.807) is 24.3 Å². The van der Waals surface area contributed by atoms with E-state index in [9.17, 15) is 18.0 Å². The van der Waals surface area contributed by atoms with Crippen LogP contribution in [0, 0.1) is 0 Å². The fourth-order valence-electron chi connectivity index (χ4n) is 3.04. The average Bonchev–Trinajstić information content (AvgIpc) is 2.65. The van der Waals surface area contributed by atoms with Gasteiger partial charge in [0, 0.05) is 31.9 Å².